The zero-order valence-electron chi connectivity index (χ0n) is 14.1. The van der Waals surface area contributed by atoms with E-state index < -0.39 is 5.82 Å². The van der Waals surface area contributed by atoms with Crippen LogP contribution in [0.2, 0.25) is 0 Å². The summed E-state index contributed by atoms with van der Waals surface area (Å²) in [6, 6.07) is 10.9. The summed E-state index contributed by atoms with van der Waals surface area (Å²) in [4.78, 5) is 22.6. The Labute approximate surface area is 149 Å². The number of rotatable bonds is 4. The molecule has 7 heteroatoms. The highest BCUT2D eigenvalue weighted by molar-refractivity contribution is 6.05. The molecule has 0 unspecified atom stereocenters. The molecular formula is C19H16FN3O3. The predicted octanol–water partition coefficient (Wildman–Crippen LogP) is 3.30. The Morgan fingerprint density at radius 3 is 2.88 bits per heavy atom. The average molecular weight is 353 g/mol. The first-order chi connectivity index (χ1) is 12.6. The zero-order valence-corrected chi connectivity index (χ0v) is 14.1. The molecule has 132 valence electrons. The Morgan fingerprint density at radius 1 is 1.31 bits per heavy atom. The van der Waals surface area contributed by atoms with Gasteiger partial charge in [-0.1, -0.05) is 18.2 Å². The molecular weight excluding hydrogens is 337 g/mol. The van der Waals surface area contributed by atoms with Gasteiger partial charge >= 0.3 is 0 Å². The number of pyridine rings is 1. The third kappa shape index (κ3) is 3.03. The maximum atomic E-state index is 13.4. The first-order valence-corrected chi connectivity index (χ1v) is 8.22. The summed E-state index contributed by atoms with van der Waals surface area (Å²) < 4.78 is 24.6. The molecule has 0 N–H and O–H groups in total. The SMILES string of the molecule is Cc1cc(N2CCc3nc(COc4ccccc4)oc3C2=O)ncc1F. The van der Waals surface area contributed by atoms with Crippen LogP contribution in [0.15, 0.2) is 47.0 Å². The number of benzene rings is 1. The molecule has 1 amide bonds. The van der Waals surface area contributed by atoms with E-state index >= 15 is 0 Å². The number of halogens is 1. The van der Waals surface area contributed by atoms with Crippen molar-refractivity contribution in [3.05, 3.63) is 71.3 Å². The summed E-state index contributed by atoms with van der Waals surface area (Å²) in [6.07, 6.45) is 1.65. The van der Waals surface area contributed by atoms with E-state index in [9.17, 15) is 9.18 Å². The molecule has 0 saturated heterocycles. The normalized spacial score (nSPS) is 13.6. The molecule has 1 aromatic carbocycles. The summed E-state index contributed by atoms with van der Waals surface area (Å²) in [5, 5.41) is 0. The number of aryl methyl sites for hydroxylation is 1. The van der Waals surface area contributed by atoms with Crippen molar-refractivity contribution in [3.8, 4) is 5.75 Å². The van der Waals surface area contributed by atoms with Crippen LogP contribution in [-0.2, 0) is 13.0 Å². The largest absolute Gasteiger partial charge is 0.484 e. The second-order valence-electron chi connectivity index (χ2n) is 5.98. The van der Waals surface area contributed by atoms with E-state index in [0.717, 1.165) is 6.20 Å². The first kappa shape index (κ1) is 16.3. The smallest absolute Gasteiger partial charge is 0.297 e. The maximum Gasteiger partial charge on any atom is 0.297 e. The average Bonchev–Trinajstić information content (AvgIpc) is 3.08. The molecule has 0 radical (unpaired) electrons. The first-order valence-electron chi connectivity index (χ1n) is 8.22. The van der Waals surface area contributed by atoms with Crippen LogP contribution in [0, 0.1) is 12.7 Å². The van der Waals surface area contributed by atoms with Crippen molar-refractivity contribution in [1.82, 2.24) is 9.97 Å². The number of carbonyl (C=O) groups excluding carboxylic acids is 1. The monoisotopic (exact) mass is 353 g/mol. The highest BCUT2D eigenvalue weighted by atomic mass is 19.1. The lowest BCUT2D eigenvalue weighted by atomic mass is 10.1. The topological polar surface area (TPSA) is 68.5 Å². The minimum absolute atomic E-state index is 0.137. The Kier molecular flexibility index (Phi) is 4.12. The second-order valence-corrected chi connectivity index (χ2v) is 5.98. The van der Waals surface area contributed by atoms with E-state index in [1.165, 1.54) is 4.90 Å². The molecule has 26 heavy (non-hydrogen) atoms. The highest BCUT2D eigenvalue weighted by Gasteiger charge is 2.32. The second kappa shape index (κ2) is 6.59. The van der Waals surface area contributed by atoms with E-state index in [1.54, 1.807) is 13.0 Å². The zero-order chi connectivity index (χ0) is 18.1. The van der Waals surface area contributed by atoms with Gasteiger partial charge in [-0.15, -0.1) is 0 Å². The van der Waals surface area contributed by atoms with Crippen LogP contribution in [-0.4, -0.2) is 22.4 Å². The molecule has 0 saturated carbocycles. The maximum absolute atomic E-state index is 13.4. The Morgan fingerprint density at radius 2 is 2.12 bits per heavy atom. The highest BCUT2D eigenvalue weighted by Crippen LogP contribution is 2.25. The molecule has 0 fully saturated rings. The lowest BCUT2D eigenvalue weighted by molar-refractivity contribution is 0.0947. The molecule has 3 heterocycles. The molecule has 0 spiro atoms. The molecule has 0 atom stereocenters. The lowest BCUT2D eigenvalue weighted by Crippen LogP contribution is -2.37. The quantitative estimate of drug-likeness (QED) is 0.720. The Hall–Kier alpha value is -3.22. The summed E-state index contributed by atoms with van der Waals surface area (Å²) in [5.74, 6) is 0.895. The van der Waals surface area contributed by atoms with Crippen LogP contribution < -0.4 is 9.64 Å². The van der Waals surface area contributed by atoms with E-state index in [0.29, 0.717) is 41.7 Å². The van der Waals surface area contributed by atoms with Crippen LogP contribution in [0.1, 0.15) is 27.7 Å². The van der Waals surface area contributed by atoms with Gasteiger partial charge in [0.25, 0.3) is 5.91 Å². The number of ether oxygens (including phenoxy) is 1. The molecule has 6 nitrogen and oxygen atoms in total. The van der Waals surface area contributed by atoms with E-state index in [1.807, 2.05) is 30.3 Å². The number of anilines is 1. The van der Waals surface area contributed by atoms with Gasteiger partial charge in [-0.3, -0.25) is 9.69 Å². The fourth-order valence-corrected chi connectivity index (χ4v) is 2.79. The molecule has 4 rings (SSSR count). The van der Waals surface area contributed by atoms with Crippen LogP contribution in [0.25, 0.3) is 0 Å². The van der Waals surface area contributed by atoms with Crippen LogP contribution in [0.5, 0.6) is 5.75 Å². The van der Waals surface area contributed by atoms with Crippen molar-refractivity contribution in [3.63, 3.8) is 0 Å². The number of hydrogen-bond acceptors (Lipinski definition) is 5. The van der Waals surface area contributed by atoms with Crippen LogP contribution in [0.4, 0.5) is 10.2 Å². The number of hydrogen-bond donors (Lipinski definition) is 0. The minimum atomic E-state index is -0.404. The van der Waals surface area contributed by atoms with Gasteiger partial charge in [0.1, 0.15) is 17.4 Å². The van der Waals surface area contributed by atoms with Gasteiger partial charge in [0.2, 0.25) is 11.7 Å². The van der Waals surface area contributed by atoms with Crippen LogP contribution in [0.3, 0.4) is 0 Å². The van der Waals surface area contributed by atoms with Crippen molar-refractivity contribution >= 4 is 11.7 Å². The van der Waals surface area contributed by atoms with Gasteiger partial charge in [0, 0.05) is 13.0 Å². The fourth-order valence-electron chi connectivity index (χ4n) is 2.79. The van der Waals surface area contributed by atoms with Crippen molar-refractivity contribution in [2.75, 3.05) is 11.4 Å². The fraction of sp³-hybridized carbons (Fsp3) is 0.211. The van der Waals surface area contributed by atoms with Gasteiger partial charge in [-0.25, -0.2) is 14.4 Å². The third-order valence-corrected chi connectivity index (χ3v) is 4.17. The van der Waals surface area contributed by atoms with Crippen molar-refractivity contribution < 1.29 is 18.3 Å². The van der Waals surface area contributed by atoms with Crippen molar-refractivity contribution in [2.45, 2.75) is 20.0 Å². The lowest BCUT2D eigenvalue weighted by Gasteiger charge is -2.24. The molecule has 0 bridgehead atoms. The van der Waals surface area contributed by atoms with E-state index in [2.05, 4.69) is 9.97 Å². The molecule has 0 aliphatic carbocycles. The number of fused-ring (bicyclic) bond motifs is 1. The molecule has 1 aliphatic heterocycles. The number of aromatic nitrogens is 2. The van der Waals surface area contributed by atoms with Crippen molar-refractivity contribution in [1.29, 1.82) is 0 Å². The summed E-state index contributed by atoms with van der Waals surface area (Å²) in [5.41, 5.74) is 1.04. The number of oxazole rings is 1. The number of amides is 1. The molecule has 1 aliphatic rings. The number of carbonyl (C=O) groups is 1. The van der Waals surface area contributed by atoms with Crippen LogP contribution >= 0.6 is 0 Å². The van der Waals surface area contributed by atoms with Gasteiger partial charge in [-0.2, -0.15) is 0 Å². The third-order valence-electron chi connectivity index (χ3n) is 4.17. The minimum Gasteiger partial charge on any atom is -0.484 e. The molecule has 3 aromatic rings. The Balaban J connectivity index is 1.53. The van der Waals surface area contributed by atoms with E-state index in [4.69, 9.17) is 9.15 Å². The van der Waals surface area contributed by atoms with E-state index in [-0.39, 0.29) is 18.3 Å². The summed E-state index contributed by atoms with van der Waals surface area (Å²) in [6.45, 7) is 2.18. The standard InChI is InChI=1S/C19H16FN3O3/c1-12-9-16(21-10-14(12)20)23-8-7-15-18(19(23)24)26-17(22-15)11-25-13-5-3-2-4-6-13/h2-6,9-10H,7-8,11H2,1H3. The Bertz CT molecular complexity index is 956. The summed E-state index contributed by atoms with van der Waals surface area (Å²) >= 11 is 0. The predicted molar refractivity (Wildman–Crippen MR) is 91.6 cm³/mol. The summed E-state index contributed by atoms with van der Waals surface area (Å²) in [7, 11) is 0. The van der Waals surface area contributed by atoms with Gasteiger partial charge in [0.15, 0.2) is 6.61 Å². The number of nitrogens with zero attached hydrogens (tertiary/aromatic N) is 3. The molecule has 2 aromatic heterocycles. The van der Waals surface area contributed by atoms with Gasteiger partial charge in [0.05, 0.1) is 11.9 Å². The van der Waals surface area contributed by atoms with Crippen molar-refractivity contribution in [2.24, 2.45) is 0 Å². The van der Waals surface area contributed by atoms with Gasteiger partial charge < -0.3 is 9.15 Å². The van der Waals surface area contributed by atoms with Gasteiger partial charge in [-0.05, 0) is 30.7 Å². The number of para-hydroxylation sites is 1.